The Kier molecular flexibility index (Phi) is 5.29. The van der Waals surface area contributed by atoms with Gasteiger partial charge in [-0.05, 0) is 32.5 Å². The molecule has 21 heavy (non-hydrogen) atoms. The second kappa shape index (κ2) is 6.81. The molecule has 1 N–H and O–H groups in total. The Balaban J connectivity index is 1.93. The lowest BCUT2D eigenvalue weighted by molar-refractivity contribution is 0.215. The largest absolute Gasteiger partial charge is 0.312 e. The summed E-state index contributed by atoms with van der Waals surface area (Å²) in [4.78, 5) is 6.29. The van der Waals surface area contributed by atoms with E-state index in [2.05, 4.69) is 15.2 Å². The van der Waals surface area contributed by atoms with Crippen LogP contribution in [0.3, 0.4) is 0 Å². The molecule has 2 heterocycles. The number of pyridine rings is 1. The number of halogens is 1. The van der Waals surface area contributed by atoms with E-state index in [0.29, 0.717) is 6.54 Å². The number of hydrogen-bond acceptors (Lipinski definition) is 5. The van der Waals surface area contributed by atoms with Gasteiger partial charge in [0, 0.05) is 19.1 Å². The molecule has 1 aromatic heterocycles. The van der Waals surface area contributed by atoms with Crippen LogP contribution in [-0.2, 0) is 9.84 Å². The third-order valence-electron chi connectivity index (χ3n) is 3.97. The molecule has 0 aliphatic carbocycles. The van der Waals surface area contributed by atoms with Crippen LogP contribution in [0.4, 0.5) is 4.39 Å². The molecule has 2 unspecified atom stereocenters. The molecule has 0 saturated carbocycles. The topological polar surface area (TPSA) is 62.3 Å². The van der Waals surface area contributed by atoms with Crippen molar-refractivity contribution in [3.8, 4) is 0 Å². The molecular formula is C14H22FN3O2S. The normalized spacial score (nSPS) is 23.9. The first-order valence-corrected chi connectivity index (χ1v) is 8.96. The highest BCUT2D eigenvalue weighted by molar-refractivity contribution is 7.91. The molecule has 1 fully saturated rings. The van der Waals surface area contributed by atoms with Crippen LogP contribution in [-0.4, -0.2) is 56.0 Å². The third-order valence-corrected chi connectivity index (χ3v) is 5.76. The SMILES string of the molecule is CNC(CCN1CCS(=O)(=O)CC1C)c1ccc(F)cn1. The maximum atomic E-state index is 12.9. The molecule has 1 aliphatic heterocycles. The van der Waals surface area contributed by atoms with Gasteiger partial charge in [-0.2, -0.15) is 0 Å². The maximum absolute atomic E-state index is 12.9. The molecule has 1 saturated heterocycles. The monoisotopic (exact) mass is 315 g/mol. The van der Waals surface area contributed by atoms with Gasteiger partial charge in [-0.15, -0.1) is 0 Å². The van der Waals surface area contributed by atoms with Crippen LogP contribution in [0, 0.1) is 5.82 Å². The van der Waals surface area contributed by atoms with Gasteiger partial charge >= 0.3 is 0 Å². The van der Waals surface area contributed by atoms with E-state index in [9.17, 15) is 12.8 Å². The zero-order chi connectivity index (χ0) is 15.5. The fraction of sp³-hybridized carbons (Fsp3) is 0.643. The van der Waals surface area contributed by atoms with Crippen LogP contribution < -0.4 is 5.32 Å². The Hall–Kier alpha value is -1.05. The molecular weight excluding hydrogens is 293 g/mol. The summed E-state index contributed by atoms with van der Waals surface area (Å²) in [5, 5.41) is 3.18. The van der Waals surface area contributed by atoms with Crippen LogP contribution in [0.25, 0.3) is 0 Å². The second-order valence-corrected chi connectivity index (χ2v) is 7.76. The molecule has 5 nitrogen and oxygen atoms in total. The van der Waals surface area contributed by atoms with Gasteiger partial charge in [-0.25, -0.2) is 12.8 Å². The maximum Gasteiger partial charge on any atom is 0.153 e. The van der Waals surface area contributed by atoms with Crippen LogP contribution >= 0.6 is 0 Å². The quantitative estimate of drug-likeness (QED) is 0.878. The summed E-state index contributed by atoms with van der Waals surface area (Å²) in [7, 11) is -1.03. The first-order valence-electron chi connectivity index (χ1n) is 7.14. The summed E-state index contributed by atoms with van der Waals surface area (Å²) in [5.74, 6) is 0.117. The lowest BCUT2D eigenvalue weighted by Crippen LogP contribution is -2.47. The minimum Gasteiger partial charge on any atom is -0.312 e. The second-order valence-electron chi connectivity index (χ2n) is 5.53. The highest BCUT2D eigenvalue weighted by Crippen LogP contribution is 2.18. The van der Waals surface area contributed by atoms with Crippen molar-refractivity contribution in [3.05, 3.63) is 29.8 Å². The zero-order valence-corrected chi connectivity index (χ0v) is 13.2. The van der Waals surface area contributed by atoms with E-state index in [4.69, 9.17) is 0 Å². The van der Waals surface area contributed by atoms with E-state index in [-0.39, 0.29) is 29.4 Å². The smallest absolute Gasteiger partial charge is 0.153 e. The van der Waals surface area contributed by atoms with Gasteiger partial charge in [-0.1, -0.05) is 0 Å². The minimum atomic E-state index is -2.88. The Bertz CT molecular complexity index is 562. The van der Waals surface area contributed by atoms with E-state index >= 15 is 0 Å². The highest BCUT2D eigenvalue weighted by atomic mass is 32.2. The Morgan fingerprint density at radius 2 is 2.29 bits per heavy atom. The van der Waals surface area contributed by atoms with Crippen molar-refractivity contribution in [2.24, 2.45) is 0 Å². The number of hydrogen-bond donors (Lipinski definition) is 1. The Morgan fingerprint density at radius 1 is 1.52 bits per heavy atom. The lowest BCUT2D eigenvalue weighted by atomic mass is 10.1. The molecule has 0 radical (unpaired) electrons. The van der Waals surface area contributed by atoms with Gasteiger partial charge < -0.3 is 5.32 Å². The van der Waals surface area contributed by atoms with Gasteiger partial charge in [-0.3, -0.25) is 9.88 Å². The summed E-state index contributed by atoms with van der Waals surface area (Å²) >= 11 is 0. The molecule has 0 amide bonds. The van der Waals surface area contributed by atoms with E-state index in [1.807, 2.05) is 14.0 Å². The Morgan fingerprint density at radius 3 is 2.86 bits per heavy atom. The molecule has 0 aromatic carbocycles. The third kappa shape index (κ3) is 4.46. The zero-order valence-electron chi connectivity index (χ0n) is 12.4. The molecule has 2 rings (SSSR count). The predicted octanol–water partition coefficient (Wildman–Crippen LogP) is 0.990. The summed E-state index contributed by atoms with van der Waals surface area (Å²) < 4.78 is 36.0. The number of aromatic nitrogens is 1. The van der Waals surface area contributed by atoms with Crippen LogP contribution in [0.2, 0.25) is 0 Å². The fourth-order valence-electron chi connectivity index (χ4n) is 2.69. The standard InChI is InChI=1S/C14H22FN3O2S/c1-11-10-21(19,20)8-7-18(11)6-5-13(16-2)14-4-3-12(15)9-17-14/h3-4,9,11,13,16H,5-8,10H2,1-2H3. The fourth-order valence-corrected chi connectivity index (χ4v) is 4.32. The first kappa shape index (κ1) is 16.3. The summed E-state index contributed by atoms with van der Waals surface area (Å²) in [5.41, 5.74) is 0.802. The summed E-state index contributed by atoms with van der Waals surface area (Å²) in [6.45, 7) is 3.32. The average Bonchev–Trinajstić information content (AvgIpc) is 2.42. The average molecular weight is 315 g/mol. The van der Waals surface area contributed by atoms with Crippen molar-refractivity contribution in [1.29, 1.82) is 0 Å². The van der Waals surface area contributed by atoms with Crippen molar-refractivity contribution >= 4 is 9.84 Å². The molecule has 0 spiro atoms. The summed E-state index contributed by atoms with van der Waals surface area (Å²) in [6, 6.07) is 3.17. The van der Waals surface area contributed by atoms with E-state index in [0.717, 1.165) is 18.7 Å². The number of sulfone groups is 1. The van der Waals surface area contributed by atoms with Crippen molar-refractivity contribution in [1.82, 2.24) is 15.2 Å². The van der Waals surface area contributed by atoms with Gasteiger partial charge in [0.05, 0.1) is 29.4 Å². The van der Waals surface area contributed by atoms with Gasteiger partial charge in [0.15, 0.2) is 9.84 Å². The predicted molar refractivity (Wildman–Crippen MR) is 80.3 cm³/mol. The van der Waals surface area contributed by atoms with Gasteiger partial charge in [0.2, 0.25) is 0 Å². The molecule has 1 aliphatic rings. The molecule has 7 heteroatoms. The molecule has 0 bridgehead atoms. The Labute approximate surface area is 125 Å². The van der Waals surface area contributed by atoms with Crippen molar-refractivity contribution in [2.75, 3.05) is 31.6 Å². The first-order chi connectivity index (χ1) is 9.91. The van der Waals surface area contributed by atoms with Crippen LogP contribution in [0.15, 0.2) is 18.3 Å². The molecule has 1 aromatic rings. The van der Waals surface area contributed by atoms with Crippen molar-refractivity contribution < 1.29 is 12.8 Å². The number of nitrogens with zero attached hydrogens (tertiary/aromatic N) is 2. The van der Waals surface area contributed by atoms with Gasteiger partial charge in [0.1, 0.15) is 5.82 Å². The van der Waals surface area contributed by atoms with Crippen molar-refractivity contribution in [2.45, 2.75) is 25.4 Å². The van der Waals surface area contributed by atoms with E-state index in [1.165, 1.54) is 12.3 Å². The number of nitrogens with one attached hydrogen (secondary N) is 1. The van der Waals surface area contributed by atoms with E-state index < -0.39 is 9.84 Å². The number of rotatable bonds is 5. The van der Waals surface area contributed by atoms with Crippen LogP contribution in [0.1, 0.15) is 25.1 Å². The van der Waals surface area contributed by atoms with Gasteiger partial charge in [0.25, 0.3) is 0 Å². The van der Waals surface area contributed by atoms with E-state index in [1.54, 1.807) is 6.07 Å². The van der Waals surface area contributed by atoms with Crippen LogP contribution in [0.5, 0.6) is 0 Å². The summed E-state index contributed by atoms with van der Waals surface area (Å²) in [6.07, 6.45) is 2.02. The minimum absolute atomic E-state index is 0.0383. The molecule has 2 atom stereocenters. The highest BCUT2D eigenvalue weighted by Gasteiger charge is 2.28. The van der Waals surface area contributed by atoms with Crippen molar-refractivity contribution in [3.63, 3.8) is 0 Å². The lowest BCUT2D eigenvalue weighted by Gasteiger charge is -2.34. The molecule has 118 valence electrons.